The number of hydrogen-bond donors (Lipinski definition) is 3. The van der Waals surface area contributed by atoms with Crippen molar-refractivity contribution in [2.75, 3.05) is 0 Å². The minimum Gasteiger partial charge on any atom is -0.505 e. The van der Waals surface area contributed by atoms with Gasteiger partial charge in [-0.25, -0.2) is 9.18 Å². The summed E-state index contributed by atoms with van der Waals surface area (Å²) in [6.45, 7) is 3.69. The number of nitrogens with zero attached hydrogens (tertiary/aromatic N) is 3. The molecule has 0 aliphatic heterocycles. The molecule has 220 valence electrons. The predicted molar refractivity (Wildman–Crippen MR) is 151 cm³/mol. The second-order valence-electron chi connectivity index (χ2n) is 9.54. The second-order valence-corrected chi connectivity index (χ2v) is 9.98. The van der Waals surface area contributed by atoms with Crippen LogP contribution in [0.25, 0.3) is 27.7 Å². The number of aryl methyl sites for hydroxylation is 2. The van der Waals surface area contributed by atoms with Crippen molar-refractivity contribution in [3.8, 4) is 34.2 Å². The summed E-state index contributed by atoms with van der Waals surface area (Å²) in [5, 5.41) is 39.4. The van der Waals surface area contributed by atoms with Gasteiger partial charge in [-0.3, -0.25) is 4.57 Å². The van der Waals surface area contributed by atoms with Crippen molar-refractivity contribution >= 4 is 40.0 Å². The summed E-state index contributed by atoms with van der Waals surface area (Å²) < 4.78 is 60.5. The summed E-state index contributed by atoms with van der Waals surface area (Å²) in [5.41, 5.74) is 0.999. The summed E-state index contributed by atoms with van der Waals surface area (Å²) in [5.74, 6) is -2.57. The summed E-state index contributed by atoms with van der Waals surface area (Å²) >= 11 is 6.23. The molecule has 0 bridgehead atoms. The molecule has 5 rings (SSSR count). The topological polar surface area (TPSA) is 117 Å². The number of carbonyl (C=O) groups is 1. The summed E-state index contributed by atoms with van der Waals surface area (Å²) in [6, 6.07) is 13.8. The van der Waals surface area contributed by atoms with Gasteiger partial charge in [0.2, 0.25) is 5.88 Å². The number of alkyl halides is 3. The molecule has 0 amide bonds. The van der Waals surface area contributed by atoms with Crippen LogP contribution in [0, 0.1) is 19.7 Å². The zero-order valence-corrected chi connectivity index (χ0v) is 23.0. The van der Waals surface area contributed by atoms with Gasteiger partial charge < -0.3 is 20.1 Å². The van der Waals surface area contributed by atoms with E-state index in [9.17, 15) is 32.6 Å². The van der Waals surface area contributed by atoms with E-state index in [1.54, 1.807) is 18.2 Å². The fourth-order valence-electron chi connectivity index (χ4n) is 4.49. The van der Waals surface area contributed by atoms with Crippen LogP contribution in [0.15, 0.2) is 77.0 Å². The summed E-state index contributed by atoms with van der Waals surface area (Å²) in [7, 11) is 0. The predicted octanol–water partition coefficient (Wildman–Crippen LogP) is 9.61. The Morgan fingerprint density at radius 2 is 1.67 bits per heavy atom. The van der Waals surface area contributed by atoms with Gasteiger partial charge in [0, 0.05) is 21.7 Å². The van der Waals surface area contributed by atoms with Crippen LogP contribution < -0.4 is 4.74 Å². The standard InChI is InChI=1S/C30H20ClF4N3O5/c1-14-3-6-19(9-15(14)2)38-24-11-17(30(33,34)35)5-7-20(24)26(28(38)40)37-36-23-13-18(31)12-21(27(23)39)16-4-8-22(32)25(10-16)43-29(41)42/h3-13,39-40H,1-2H3,(H,41,42). The van der Waals surface area contributed by atoms with E-state index in [0.29, 0.717) is 5.69 Å². The number of benzene rings is 4. The molecule has 1 aromatic heterocycles. The lowest BCUT2D eigenvalue weighted by Gasteiger charge is -2.11. The van der Waals surface area contributed by atoms with E-state index in [4.69, 9.17) is 16.7 Å². The number of aromatic nitrogens is 1. The third kappa shape index (κ3) is 5.69. The Morgan fingerprint density at radius 1 is 0.930 bits per heavy atom. The highest BCUT2D eigenvalue weighted by molar-refractivity contribution is 6.31. The molecule has 1 heterocycles. The monoisotopic (exact) mass is 613 g/mol. The van der Waals surface area contributed by atoms with Crippen molar-refractivity contribution in [2.45, 2.75) is 20.0 Å². The summed E-state index contributed by atoms with van der Waals surface area (Å²) in [4.78, 5) is 10.9. The molecule has 0 fully saturated rings. The van der Waals surface area contributed by atoms with Gasteiger partial charge in [0.25, 0.3) is 0 Å². The van der Waals surface area contributed by atoms with Crippen molar-refractivity contribution in [3.05, 3.63) is 94.3 Å². The Bertz CT molecular complexity index is 1950. The van der Waals surface area contributed by atoms with Gasteiger partial charge in [0.1, 0.15) is 5.69 Å². The van der Waals surface area contributed by atoms with E-state index in [1.807, 2.05) is 13.8 Å². The highest BCUT2D eigenvalue weighted by Crippen LogP contribution is 2.46. The quantitative estimate of drug-likeness (QED) is 0.0789. The summed E-state index contributed by atoms with van der Waals surface area (Å²) in [6.07, 6.45) is -6.40. The van der Waals surface area contributed by atoms with Gasteiger partial charge in [-0.15, -0.1) is 10.2 Å². The SMILES string of the molecule is Cc1ccc(-n2c(O)c(N=Nc3cc(Cl)cc(-c4ccc(F)c(OC(=O)O)c4)c3O)c3ccc(C(F)(F)F)cc32)cc1C. The van der Waals surface area contributed by atoms with Crippen LogP contribution in [0.5, 0.6) is 17.4 Å². The number of fused-ring (bicyclic) bond motifs is 1. The zero-order chi connectivity index (χ0) is 31.2. The molecule has 13 heteroatoms. The molecular formula is C30H20ClF4N3O5. The zero-order valence-electron chi connectivity index (χ0n) is 22.2. The molecule has 5 aromatic rings. The molecule has 0 saturated carbocycles. The Morgan fingerprint density at radius 3 is 2.35 bits per heavy atom. The van der Waals surface area contributed by atoms with Gasteiger partial charge in [-0.1, -0.05) is 23.7 Å². The molecule has 0 spiro atoms. The molecule has 0 aliphatic rings. The van der Waals surface area contributed by atoms with E-state index < -0.39 is 41.1 Å². The van der Waals surface area contributed by atoms with Crippen LogP contribution in [0.2, 0.25) is 5.02 Å². The molecule has 0 radical (unpaired) electrons. The molecule has 8 nitrogen and oxygen atoms in total. The van der Waals surface area contributed by atoms with Crippen molar-refractivity contribution in [3.63, 3.8) is 0 Å². The molecule has 4 aromatic carbocycles. The first-order valence-electron chi connectivity index (χ1n) is 12.4. The molecule has 0 unspecified atom stereocenters. The first-order chi connectivity index (χ1) is 20.2. The number of hydrogen-bond acceptors (Lipinski definition) is 6. The molecule has 0 aliphatic carbocycles. The Hall–Kier alpha value is -5.10. The second kappa shape index (κ2) is 11.0. The number of ether oxygens (including phenoxy) is 1. The highest BCUT2D eigenvalue weighted by atomic mass is 35.5. The number of aromatic hydroxyl groups is 2. The average Bonchev–Trinajstić information content (AvgIpc) is 3.21. The van der Waals surface area contributed by atoms with E-state index >= 15 is 0 Å². The average molecular weight is 614 g/mol. The Balaban J connectivity index is 1.66. The van der Waals surface area contributed by atoms with Gasteiger partial charge in [-0.2, -0.15) is 13.2 Å². The largest absolute Gasteiger partial charge is 0.511 e. The molecule has 0 atom stereocenters. The van der Waals surface area contributed by atoms with Crippen LogP contribution >= 0.6 is 11.6 Å². The lowest BCUT2D eigenvalue weighted by Crippen LogP contribution is -2.05. The van der Waals surface area contributed by atoms with Gasteiger partial charge in [0.05, 0.1) is 11.1 Å². The lowest BCUT2D eigenvalue weighted by atomic mass is 10.0. The third-order valence-corrected chi connectivity index (χ3v) is 6.96. The van der Waals surface area contributed by atoms with Crippen molar-refractivity contribution < 1.29 is 42.4 Å². The van der Waals surface area contributed by atoms with E-state index in [-0.39, 0.29) is 38.4 Å². The number of phenols is 1. The Kier molecular flexibility index (Phi) is 7.49. The van der Waals surface area contributed by atoms with Crippen molar-refractivity contribution in [1.29, 1.82) is 0 Å². The van der Waals surface area contributed by atoms with Crippen LogP contribution in [0.1, 0.15) is 16.7 Å². The van der Waals surface area contributed by atoms with E-state index in [1.165, 1.54) is 22.8 Å². The first kappa shape index (κ1) is 29.4. The number of phenolic OH excluding ortho intramolecular Hbond substituents is 1. The maximum atomic E-state index is 14.0. The van der Waals surface area contributed by atoms with Crippen LogP contribution in [0.4, 0.5) is 33.7 Å². The first-order valence-corrected chi connectivity index (χ1v) is 12.8. The number of halogens is 5. The normalized spacial score (nSPS) is 11.9. The van der Waals surface area contributed by atoms with E-state index in [0.717, 1.165) is 41.5 Å². The lowest BCUT2D eigenvalue weighted by molar-refractivity contribution is -0.137. The van der Waals surface area contributed by atoms with Gasteiger partial charge >= 0.3 is 12.3 Å². The number of rotatable bonds is 5. The minimum absolute atomic E-state index is 0.0119. The highest BCUT2D eigenvalue weighted by Gasteiger charge is 2.32. The number of carboxylic acid groups (broad SMARTS) is 1. The smallest absolute Gasteiger partial charge is 0.505 e. The fraction of sp³-hybridized carbons (Fsp3) is 0.100. The van der Waals surface area contributed by atoms with Crippen molar-refractivity contribution in [2.24, 2.45) is 10.2 Å². The molecule has 0 saturated heterocycles. The molecular weight excluding hydrogens is 594 g/mol. The van der Waals surface area contributed by atoms with Crippen LogP contribution in [-0.4, -0.2) is 26.0 Å². The van der Waals surface area contributed by atoms with E-state index in [2.05, 4.69) is 15.0 Å². The third-order valence-electron chi connectivity index (χ3n) is 6.75. The molecule has 3 N–H and O–H groups in total. The van der Waals surface area contributed by atoms with Gasteiger partial charge in [0.15, 0.2) is 23.0 Å². The van der Waals surface area contributed by atoms with Crippen LogP contribution in [0.3, 0.4) is 0 Å². The maximum absolute atomic E-state index is 14.0. The Labute approximate surface area is 245 Å². The van der Waals surface area contributed by atoms with Crippen LogP contribution in [-0.2, 0) is 6.18 Å². The molecule has 43 heavy (non-hydrogen) atoms. The number of azo groups is 1. The van der Waals surface area contributed by atoms with Crippen molar-refractivity contribution in [1.82, 2.24) is 4.57 Å². The fourth-order valence-corrected chi connectivity index (χ4v) is 4.70. The maximum Gasteiger partial charge on any atom is 0.511 e. The minimum atomic E-state index is -4.65. The van der Waals surface area contributed by atoms with Gasteiger partial charge in [-0.05, 0) is 85.1 Å².